The molecule has 3 aromatic carbocycles. The van der Waals surface area contributed by atoms with Crippen molar-refractivity contribution in [2.75, 3.05) is 11.9 Å². The number of nitrogens with one attached hydrogen (secondary N) is 1. The molecular weight excluding hydrogens is 400 g/mol. The highest BCUT2D eigenvalue weighted by atomic mass is 35.5. The lowest BCUT2D eigenvalue weighted by molar-refractivity contribution is -0.147. The highest BCUT2D eigenvalue weighted by Gasteiger charge is 2.20. The van der Waals surface area contributed by atoms with Crippen LogP contribution in [0.1, 0.15) is 29.0 Å². The minimum absolute atomic E-state index is 0.0991. The van der Waals surface area contributed by atoms with Crippen LogP contribution in [0.3, 0.4) is 0 Å². The number of hydrogen-bond donors (Lipinski definition) is 1. The fraction of sp³-hybridized carbons (Fsp3) is 0.125. The van der Waals surface area contributed by atoms with Gasteiger partial charge in [-0.15, -0.1) is 0 Å². The van der Waals surface area contributed by atoms with Gasteiger partial charge >= 0.3 is 5.97 Å². The Kier molecular flexibility index (Phi) is 7.20. The van der Waals surface area contributed by atoms with Gasteiger partial charge in [0.1, 0.15) is 6.07 Å². The number of rotatable bonds is 7. The first-order valence-electron chi connectivity index (χ1n) is 9.32. The zero-order valence-electron chi connectivity index (χ0n) is 16.0. The second-order valence-electron chi connectivity index (χ2n) is 6.59. The van der Waals surface area contributed by atoms with Crippen molar-refractivity contribution >= 4 is 29.2 Å². The molecule has 30 heavy (non-hydrogen) atoms. The monoisotopic (exact) mass is 418 g/mol. The number of carbonyl (C=O) groups excluding carboxylic acids is 2. The van der Waals surface area contributed by atoms with E-state index in [-0.39, 0.29) is 23.6 Å². The maximum Gasteiger partial charge on any atom is 0.307 e. The van der Waals surface area contributed by atoms with E-state index < -0.39 is 18.5 Å². The van der Waals surface area contributed by atoms with Crippen molar-refractivity contribution in [2.45, 2.75) is 12.3 Å². The van der Waals surface area contributed by atoms with Crippen LogP contribution < -0.4 is 5.32 Å². The Morgan fingerprint density at radius 3 is 2.13 bits per heavy atom. The molecule has 0 bridgehead atoms. The molecular formula is C24H19ClN2O3. The average molecular weight is 419 g/mol. The van der Waals surface area contributed by atoms with Crippen molar-refractivity contribution in [2.24, 2.45) is 0 Å². The lowest BCUT2D eigenvalue weighted by Gasteiger charge is -2.17. The number of amides is 1. The largest absolute Gasteiger partial charge is 0.456 e. The van der Waals surface area contributed by atoms with E-state index in [1.807, 2.05) is 66.7 Å². The Hall–Kier alpha value is -3.62. The predicted molar refractivity (Wildman–Crippen MR) is 115 cm³/mol. The van der Waals surface area contributed by atoms with Gasteiger partial charge < -0.3 is 10.1 Å². The van der Waals surface area contributed by atoms with E-state index in [0.29, 0.717) is 5.02 Å². The Bertz CT molecular complexity index is 1020. The van der Waals surface area contributed by atoms with Crippen molar-refractivity contribution in [3.8, 4) is 6.07 Å². The molecule has 0 heterocycles. The zero-order chi connectivity index (χ0) is 21.3. The van der Waals surface area contributed by atoms with E-state index in [1.165, 1.54) is 12.1 Å². The van der Waals surface area contributed by atoms with Crippen LogP contribution in [0.4, 0.5) is 5.69 Å². The summed E-state index contributed by atoms with van der Waals surface area (Å²) in [5.41, 5.74) is 2.52. The van der Waals surface area contributed by atoms with Crippen molar-refractivity contribution in [3.05, 3.63) is 101 Å². The first kappa shape index (κ1) is 21.1. The predicted octanol–water partition coefficient (Wildman–Crippen LogP) is 4.92. The van der Waals surface area contributed by atoms with Crippen LogP contribution in [0.2, 0.25) is 5.02 Å². The molecule has 3 aromatic rings. The molecule has 0 radical (unpaired) electrons. The van der Waals surface area contributed by atoms with Crippen LogP contribution >= 0.6 is 11.6 Å². The molecule has 0 atom stereocenters. The lowest BCUT2D eigenvalue weighted by atomic mass is 9.89. The van der Waals surface area contributed by atoms with E-state index in [4.69, 9.17) is 21.6 Å². The maximum atomic E-state index is 12.5. The fourth-order valence-electron chi connectivity index (χ4n) is 3.07. The summed E-state index contributed by atoms with van der Waals surface area (Å²) >= 11 is 5.91. The van der Waals surface area contributed by atoms with Crippen LogP contribution in [0.25, 0.3) is 0 Å². The van der Waals surface area contributed by atoms with Crippen LogP contribution in [0, 0.1) is 11.3 Å². The average Bonchev–Trinajstić information content (AvgIpc) is 2.77. The minimum atomic E-state index is -0.543. The summed E-state index contributed by atoms with van der Waals surface area (Å²) in [6.07, 6.45) is 0.0991. The Morgan fingerprint density at radius 1 is 0.967 bits per heavy atom. The number of anilines is 1. The molecule has 0 aliphatic carbocycles. The molecule has 0 aliphatic rings. The van der Waals surface area contributed by atoms with Gasteiger partial charge in [-0.25, -0.2) is 0 Å². The molecule has 1 N–H and O–H groups in total. The summed E-state index contributed by atoms with van der Waals surface area (Å²) in [4.78, 5) is 24.6. The van der Waals surface area contributed by atoms with Gasteiger partial charge in [-0.2, -0.15) is 5.26 Å². The first-order chi connectivity index (χ1) is 14.6. The smallest absolute Gasteiger partial charge is 0.307 e. The van der Waals surface area contributed by atoms with Crippen molar-refractivity contribution < 1.29 is 14.3 Å². The van der Waals surface area contributed by atoms with Gasteiger partial charge in [-0.05, 0) is 29.3 Å². The van der Waals surface area contributed by atoms with Crippen LogP contribution in [-0.4, -0.2) is 18.5 Å². The third-order valence-corrected chi connectivity index (χ3v) is 4.75. The van der Waals surface area contributed by atoms with E-state index in [9.17, 15) is 9.59 Å². The summed E-state index contributed by atoms with van der Waals surface area (Å²) in [7, 11) is 0. The second-order valence-corrected chi connectivity index (χ2v) is 7.03. The van der Waals surface area contributed by atoms with Crippen molar-refractivity contribution in [1.29, 1.82) is 5.26 Å². The summed E-state index contributed by atoms with van der Waals surface area (Å²) in [5.74, 6) is -1.21. The number of nitrogens with zero attached hydrogens (tertiary/aromatic N) is 1. The van der Waals surface area contributed by atoms with Gasteiger partial charge in [-0.3, -0.25) is 9.59 Å². The number of esters is 1. The topological polar surface area (TPSA) is 79.2 Å². The molecule has 0 aromatic heterocycles. The van der Waals surface area contributed by atoms with Crippen LogP contribution in [-0.2, 0) is 14.3 Å². The highest BCUT2D eigenvalue weighted by Crippen LogP contribution is 2.28. The standard InChI is InChI=1S/C24H19ClN2O3/c25-20-12-11-19(15-26)22(13-20)27-23(28)16-30-24(29)14-21(17-7-3-1-4-8-17)18-9-5-2-6-10-18/h1-13,21H,14,16H2,(H,27,28). The van der Waals surface area contributed by atoms with E-state index in [2.05, 4.69) is 5.32 Å². The normalized spacial score (nSPS) is 10.3. The van der Waals surface area contributed by atoms with Crippen LogP contribution in [0.5, 0.6) is 0 Å². The van der Waals surface area contributed by atoms with Gasteiger partial charge in [0.2, 0.25) is 0 Å². The second kappa shape index (κ2) is 10.2. The van der Waals surface area contributed by atoms with Gasteiger partial charge in [-0.1, -0.05) is 72.3 Å². The van der Waals surface area contributed by atoms with Crippen molar-refractivity contribution in [1.82, 2.24) is 0 Å². The Labute approximate surface area is 179 Å². The van der Waals surface area contributed by atoms with Crippen LogP contribution in [0.15, 0.2) is 78.9 Å². The number of benzene rings is 3. The van der Waals surface area contributed by atoms with E-state index in [0.717, 1.165) is 11.1 Å². The molecule has 1 amide bonds. The lowest BCUT2D eigenvalue weighted by Crippen LogP contribution is -2.22. The molecule has 0 aliphatic heterocycles. The molecule has 150 valence electrons. The minimum Gasteiger partial charge on any atom is -0.456 e. The molecule has 0 saturated heterocycles. The van der Waals surface area contributed by atoms with Crippen molar-refractivity contribution in [3.63, 3.8) is 0 Å². The summed E-state index contributed by atoms with van der Waals surface area (Å²) in [6, 6.07) is 25.9. The van der Waals surface area contributed by atoms with Gasteiger partial charge in [0.15, 0.2) is 6.61 Å². The molecule has 0 saturated carbocycles. The number of ether oxygens (including phenoxy) is 1. The molecule has 5 nitrogen and oxygen atoms in total. The zero-order valence-corrected chi connectivity index (χ0v) is 16.8. The van der Waals surface area contributed by atoms with Gasteiger partial charge in [0.05, 0.1) is 17.7 Å². The maximum absolute atomic E-state index is 12.5. The Morgan fingerprint density at radius 2 is 1.57 bits per heavy atom. The van der Waals surface area contributed by atoms with Gasteiger partial charge in [0, 0.05) is 10.9 Å². The quantitative estimate of drug-likeness (QED) is 0.552. The summed E-state index contributed by atoms with van der Waals surface area (Å²) in [6.45, 7) is -0.452. The van der Waals surface area contributed by atoms with E-state index in [1.54, 1.807) is 6.07 Å². The Balaban J connectivity index is 1.63. The number of halogens is 1. The highest BCUT2D eigenvalue weighted by molar-refractivity contribution is 6.31. The van der Waals surface area contributed by atoms with Gasteiger partial charge in [0.25, 0.3) is 5.91 Å². The summed E-state index contributed by atoms with van der Waals surface area (Å²) < 4.78 is 5.19. The molecule has 0 spiro atoms. The number of hydrogen-bond acceptors (Lipinski definition) is 4. The molecule has 0 unspecified atom stereocenters. The molecule has 3 rings (SSSR count). The molecule has 0 fully saturated rings. The SMILES string of the molecule is N#Cc1ccc(Cl)cc1NC(=O)COC(=O)CC(c1ccccc1)c1ccccc1. The third kappa shape index (κ3) is 5.69. The first-order valence-corrected chi connectivity index (χ1v) is 9.69. The number of carbonyl (C=O) groups is 2. The summed E-state index contributed by atoms with van der Waals surface area (Å²) in [5, 5.41) is 12.1. The number of nitriles is 1. The fourth-order valence-corrected chi connectivity index (χ4v) is 3.25. The molecule has 6 heteroatoms. The van der Waals surface area contributed by atoms with E-state index >= 15 is 0 Å². The third-order valence-electron chi connectivity index (χ3n) is 4.52.